The van der Waals surface area contributed by atoms with Crippen LogP contribution in [0.1, 0.15) is 20.3 Å². The number of hydrogen-bond acceptors (Lipinski definition) is 1. The van der Waals surface area contributed by atoms with Crippen molar-refractivity contribution in [3.05, 3.63) is 66.7 Å². The number of hydrogen-bond donors (Lipinski definition) is 1. The molecule has 2 rings (SSSR count). The van der Waals surface area contributed by atoms with Gasteiger partial charge in [-0.05, 0) is 25.5 Å². The van der Waals surface area contributed by atoms with E-state index in [1.165, 1.54) is 5.69 Å². The van der Waals surface area contributed by atoms with Crippen molar-refractivity contribution in [1.29, 1.82) is 0 Å². The summed E-state index contributed by atoms with van der Waals surface area (Å²) in [7, 11) is 0. The minimum absolute atomic E-state index is 0.567. The van der Waals surface area contributed by atoms with E-state index in [0.717, 1.165) is 6.42 Å². The molecule has 1 unspecified atom stereocenters. The largest absolute Gasteiger partial charge is 0.383 e. The van der Waals surface area contributed by atoms with Crippen LogP contribution in [-0.2, 0) is 0 Å². The van der Waals surface area contributed by atoms with Gasteiger partial charge >= 0.3 is 0 Å². The van der Waals surface area contributed by atoms with E-state index in [2.05, 4.69) is 31.3 Å². The third-order valence-corrected chi connectivity index (χ3v) is 2.47. The van der Waals surface area contributed by atoms with E-state index >= 15 is 0 Å². The van der Waals surface area contributed by atoms with Crippen LogP contribution in [0.25, 0.3) is 0 Å². The fourth-order valence-electron chi connectivity index (χ4n) is 1.31. The highest BCUT2D eigenvalue weighted by Crippen LogP contribution is 2.07. The minimum Gasteiger partial charge on any atom is -0.383 e. The molecule has 1 nitrogen and oxygen atoms in total. The molecular formula is C16H21N. The summed E-state index contributed by atoms with van der Waals surface area (Å²) in [5.74, 6) is 0. The van der Waals surface area contributed by atoms with Gasteiger partial charge in [0.05, 0.1) is 0 Å². The Morgan fingerprint density at radius 2 is 1.24 bits per heavy atom. The molecule has 2 aromatic rings. The molecule has 0 aromatic heterocycles. The Bertz CT molecular complexity index is 343. The van der Waals surface area contributed by atoms with Crippen LogP contribution in [-0.4, -0.2) is 6.04 Å². The van der Waals surface area contributed by atoms with Crippen LogP contribution in [0.5, 0.6) is 0 Å². The van der Waals surface area contributed by atoms with Crippen LogP contribution in [0.3, 0.4) is 0 Å². The molecule has 0 fully saturated rings. The Labute approximate surface area is 105 Å². The highest BCUT2D eigenvalue weighted by molar-refractivity contribution is 5.43. The Hall–Kier alpha value is -1.76. The molecule has 0 radical (unpaired) electrons. The molecule has 0 saturated carbocycles. The highest BCUT2D eigenvalue weighted by atomic mass is 14.9. The molecular weight excluding hydrogens is 206 g/mol. The molecule has 1 heteroatoms. The van der Waals surface area contributed by atoms with E-state index in [-0.39, 0.29) is 0 Å². The lowest BCUT2D eigenvalue weighted by atomic mass is 10.2. The first-order valence-corrected chi connectivity index (χ1v) is 6.14. The van der Waals surface area contributed by atoms with E-state index < -0.39 is 0 Å². The highest BCUT2D eigenvalue weighted by Gasteiger charge is 1.95. The summed E-state index contributed by atoms with van der Waals surface area (Å²) in [5.41, 5.74) is 1.21. The van der Waals surface area contributed by atoms with Crippen molar-refractivity contribution in [3.8, 4) is 0 Å². The van der Waals surface area contributed by atoms with Gasteiger partial charge in [-0.1, -0.05) is 61.5 Å². The van der Waals surface area contributed by atoms with Gasteiger partial charge in [0.2, 0.25) is 0 Å². The molecule has 0 saturated heterocycles. The molecule has 1 N–H and O–H groups in total. The lowest BCUT2D eigenvalue weighted by molar-refractivity contribution is 0.764. The predicted molar refractivity (Wildman–Crippen MR) is 76.3 cm³/mol. The van der Waals surface area contributed by atoms with E-state index in [0.29, 0.717) is 6.04 Å². The Balaban J connectivity index is 0.000000202. The van der Waals surface area contributed by atoms with Crippen LogP contribution < -0.4 is 5.32 Å². The molecule has 0 heterocycles. The summed E-state index contributed by atoms with van der Waals surface area (Å²) in [6, 6.07) is 22.9. The molecule has 17 heavy (non-hydrogen) atoms. The average Bonchev–Trinajstić information content (AvgIpc) is 2.42. The fourth-order valence-corrected chi connectivity index (χ4v) is 1.31. The maximum atomic E-state index is 3.39. The van der Waals surface area contributed by atoms with Crippen molar-refractivity contribution in [2.24, 2.45) is 0 Å². The van der Waals surface area contributed by atoms with Gasteiger partial charge in [0.25, 0.3) is 0 Å². The van der Waals surface area contributed by atoms with E-state index in [4.69, 9.17) is 0 Å². The van der Waals surface area contributed by atoms with Crippen molar-refractivity contribution in [1.82, 2.24) is 0 Å². The van der Waals surface area contributed by atoms with Crippen LogP contribution in [0.4, 0.5) is 5.69 Å². The predicted octanol–water partition coefficient (Wildman–Crippen LogP) is 4.58. The molecule has 0 aliphatic rings. The number of rotatable bonds is 3. The van der Waals surface area contributed by atoms with Crippen LogP contribution in [0, 0.1) is 0 Å². The lowest BCUT2D eigenvalue weighted by Gasteiger charge is -2.11. The SMILES string of the molecule is CCC(C)Nc1ccccc1.c1ccccc1. The van der Waals surface area contributed by atoms with Gasteiger partial charge in [-0.2, -0.15) is 0 Å². The van der Waals surface area contributed by atoms with Gasteiger partial charge < -0.3 is 5.32 Å². The third kappa shape index (κ3) is 6.41. The number of benzene rings is 2. The minimum atomic E-state index is 0.567. The zero-order valence-corrected chi connectivity index (χ0v) is 10.6. The van der Waals surface area contributed by atoms with Gasteiger partial charge in [0, 0.05) is 11.7 Å². The first kappa shape index (κ1) is 13.3. The van der Waals surface area contributed by atoms with Crippen molar-refractivity contribution in [2.45, 2.75) is 26.3 Å². The molecule has 0 bridgehead atoms. The second kappa shape index (κ2) is 8.40. The van der Waals surface area contributed by atoms with Gasteiger partial charge in [-0.15, -0.1) is 0 Å². The third-order valence-electron chi connectivity index (χ3n) is 2.47. The molecule has 0 amide bonds. The summed E-state index contributed by atoms with van der Waals surface area (Å²) in [6.45, 7) is 4.37. The standard InChI is InChI=1S/C10H15N.C6H6/c1-3-9(2)11-10-7-5-4-6-8-10;1-2-4-6-5-3-1/h4-9,11H,3H2,1-2H3;1-6H. The summed E-state index contributed by atoms with van der Waals surface area (Å²) in [5, 5.41) is 3.39. The normalized spacial score (nSPS) is 10.9. The maximum absolute atomic E-state index is 3.39. The number of nitrogens with one attached hydrogen (secondary N) is 1. The summed E-state index contributed by atoms with van der Waals surface area (Å²) in [6.07, 6.45) is 1.16. The fraction of sp³-hybridized carbons (Fsp3) is 0.250. The second-order valence-corrected chi connectivity index (χ2v) is 3.97. The zero-order valence-electron chi connectivity index (χ0n) is 10.6. The molecule has 0 aliphatic carbocycles. The lowest BCUT2D eigenvalue weighted by Crippen LogP contribution is -2.12. The van der Waals surface area contributed by atoms with Gasteiger partial charge in [0.15, 0.2) is 0 Å². The van der Waals surface area contributed by atoms with Crippen LogP contribution >= 0.6 is 0 Å². The Kier molecular flexibility index (Phi) is 6.57. The zero-order chi connectivity index (χ0) is 12.3. The summed E-state index contributed by atoms with van der Waals surface area (Å²) < 4.78 is 0. The Morgan fingerprint density at radius 3 is 1.65 bits per heavy atom. The average molecular weight is 227 g/mol. The van der Waals surface area contributed by atoms with Crippen molar-refractivity contribution >= 4 is 5.69 Å². The van der Waals surface area contributed by atoms with Crippen molar-refractivity contribution in [2.75, 3.05) is 5.32 Å². The maximum Gasteiger partial charge on any atom is 0.0342 e. The molecule has 1 atom stereocenters. The first-order chi connectivity index (χ1) is 8.33. The number of para-hydroxylation sites is 1. The van der Waals surface area contributed by atoms with Gasteiger partial charge in [-0.25, -0.2) is 0 Å². The number of anilines is 1. The van der Waals surface area contributed by atoms with Gasteiger partial charge in [-0.3, -0.25) is 0 Å². The van der Waals surface area contributed by atoms with Gasteiger partial charge in [0.1, 0.15) is 0 Å². The molecule has 0 aliphatic heterocycles. The van der Waals surface area contributed by atoms with E-state index in [1.807, 2.05) is 54.6 Å². The first-order valence-electron chi connectivity index (χ1n) is 6.14. The molecule has 0 spiro atoms. The monoisotopic (exact) mass is 227 g/mol. The summed E-state index contributed by atoms with van der Waals surface area (Å²) in [4.78, 5) is 0. The topological polar surface area (TPSA) is 12.0 Å². The van der Waals surface area contributed by atoms with Crippen LogP contribution in [0.2, 0.25) is 0 Å². The smallest absolute Gasteiger partial charge is 0.0342 e. The van der Waals surface area contributed by atoms with Crippen molar-refractivity contribution in [3.63, 3.8) is 0 Å². The molecule has 90 valence electrons. The van der Waals surface area contributed by atoms with E-state index in [9.17, 15) is 0 Å². The molecule has 2 aromatic carbocycles. The Morgan fingerprint density at radius 1 is 0.824 bits per heavy atom. The van der Waals surface area contributed by atoms with E-state index in [1.54, 1.807) is 0 Å². The second-order valence-electron chi connectivity index (χ2n) is 3.97. The quantitative estimate of drug-likeness (QED) is 0.809. The van der Waals surface area contributed by atoms with Crippen LogP contribution in [0.15, 0.2) is 66.7 Å². The summed E-state index contributed by atoms with van der Waals surface area (Å²) >= 11 is 0. The van der Waals surface area contributed by atoms with Crippen molar-refractivity contribution < 1.29 is 0 Å².